The molecule has 0 aliphatic rings. The van der Waals surface area contributed by atoms with Crippen molar-refractivity contribution in [3.8, 4) is 0 Å². The zero-order chi connectivity index (χ0) is 22.1. The van der Waals surface area contributed by atoms with Gasteiger partial charge >= 0.3 is 0 Å². The number of carbonyl (C=O) groups excluding carboxylic acids is 2. The van der Waals surface area contributed by atoms with Crippen molar-refractivity contribution in [2.75, 3.05) is 6.54 Å². The maximum absolute atomic E-state index is 13.1. The molecule has 1 atom stereocenters. The van der Waals surface area contributed by atoms with E-state index in [1.165, 1.54) is 11.0 Å². The van der Waals surface area contributed by atoms with Crippen LogP contribution in [-0.2, 0) is 22.6 Å². The highest BCUT2D eigenvalue weighted by atomic mass is 35.5. The lowest BCUT2D eigenvalue weighted by molar-refractivity contribution is -0.385. The quantitative estimate of drug-likeness (QED) is 0.348. The standard InChI is InChI=1S/C22H26ClN3O4/c1-3-4-12-24-22(28)16(2)25(15-17-8-7-10-19(23)13-17)21(27)14-18-9-5-6-11-20(18)26(29)30/h5-11,13,16H,3-4,12,14-15H2,1-2H3,(H,24,28)/t16-/m0/s1. The average molecular weight is 432 g/mol. The van der Waals surface area contributed by atoms with Crippen molar-refractivity contribution < 1.29 is 14.5 Å². The van der Waals surface area contributed by atoms with E-state index in [4.69, 9.17) is 11.6 Å². The Labute approximate surface area is 181 Å². The molecule has 0 fully saturated rings. The molecule has 0 aliphatic carbocycles. The topological polar surface area (TPSA) is 92.6 Å². The summed E-state index contributed by atoms with van der Waals surface area (Å²) in [5.41, 5.74) is 0.961. The summed E-state index contributed by atoms with van der Waals surface area (Å²) in [5, 5.41) is 14.7. The van der Waals surface area contributed by atoms with Gasteiger partial charge in [0.2, 0.25) is 11.8 Å². The number of nitro groups is 1. The fourth-order valence-corrected chi connectivity index (χ4v) is 3.27. The fraction of sp³-hybridized carbons (Fsp3) is 0.364. The fourth-order valence-electron chi connectivity index (χ4n) is 3.05. The number of para-hydroxylation sites is 1. The lowest BCUT2D eigenvalue weighted by Gasteiger charge is -2.29. The summed E-state index contributed by atoms with van der Waals surface area (Å²) in [5.74, 6) is -0.635. The van der Waals surface area contributed by atoms with Crippen LogP contribution in [-0.4, -0.2) is 34.2 Å². The monoisotopic (exact) mass is 431 g/mol. The molecule has 30 heavy (non-hydrogen) atoms. The van der Waals surface area contributed by atoms with Gasteiger partial charge in [0.1, 0.15) is 6.04 Å². The van der Waals surface area contributed by atoms with Crippen molar-refractivity contribution in [3.05, 3.63) is 74.8 Å². The predicted molar refractivity (Wildman–Crippen MR) is 116 cm³/mol. The maximum Gasteiger partial charge on any atom is 0.273 e. The van der Waals surface area contributed by atoms with Crippen LogP contribution in [0, 0.1) is 10.1 Å². The van der Waals surface area contributed by atoms with E-state index in [-0.39, 0.29) is 30.5 Å². The second-order valence-corrected chi connectivity index (χ2v) is 7.47. The first-order valence-corrected chi connectivity index (χ1v) is 10.2. The molecule has 2 rings (SSSR count). The third-order valence-corrected chi connectivity index (χ3v) is 5.00. The zero-order valence-corrected chi connectivity index (χ0v) is 17.9. The predicted octanol–water partition coefficient (Wildman–Crippen LogP) is 4.12. The van der Waals surface area contributed by atoms with Gasteiger partial charge in [0.15, 0.2) is 0 Å². The van der Waals surface area contributed by atoms with E-state index in [1.54, 1.807) is 43.3 Å². The summed E-state index contributed by atoms with van der Waals surface area (Å²) in [6.45, 7) is 4.38. The number of halogens is 1. The van der Waals surface area contributed by atoms with Crippen molar-refractivity contribution in [1.29, 1.82) is 0 Å². The lowest BCUT2D eigenvalue weighted by Crippen LogP contribution is -2.48. The van der Waals surface area contributed by atoms with Gasteiger partial charge in [0, 0.05) is 29.7 Å². The first-order chi connectivity index (χ1) is 14.3. The summed E-state index contributed by atoms with van der Waals surface area (Å²) in [6.07, 6.45) is 1.61. The first-order valence-electron chi connectivity index (χ1n) is 9.87. The van der Waals surface area contributed by atoms with Crippen molar-refractivity contribution >= 4 is 29.1 Å². The molecule has 0 aromatic heterocycles. The van der Waals surface area contributed by atoms with Crippen LogP contribution >= 0.6 is 11.6 Å². The van der Waals surface area contributed by atoms with Crippen molar-refractivity contribution in [2.24, 2.45) is 0 Å². The van der Waals surface area contributed by atoms with E-state index in [1.807, 2.05) is 13.0 Å². The van der Waals surface area contributed by atoms with Gasteiger partial charge in [0.05, 0.1) is 11.3 Å². The van der Waals surface area contributed by atoms with E-state index in [0.29, 0.717) is 17.1 Å². The Kier molecular flexibility index (Phi) is 8.80. The average Bonchev–Trinajstić information content (AvgIpc) is 2.71. The van der Waals surface area contributed by atoms with Gasteiger partial charge in [0.25, 0.3) is 5.69 Å². The highest BCUT2D eigenvalue weighted by Gasteiger charge is 2.27. The van der Waals surface area contributed by atoms with E-state index >= 15 is 0 Å². The number of carbonyl (C=O) groups is 2. The molecule has 1 N–H and O–H groups in total. The molecule has 2 aromatic rings. The van der Waals surface area contributed by atoms with Crippen molar-refractivity contribution in [1.82, 2.24) is 10.2 Å². The van der Waals surface area contributed by atoms with E-state index < -0.39 is 11.0 Å². The molecule has 160 valence electrons. The van der Waals surface area contributed by atoms with Crippen LogP contribution in [0.1, 0.15) is 37.8 Å². The van der Waals surface area contributed by atoms with Crippen LogP contribution in [0.2, 0.25) is 5.02 Å². The minimum Gasteiger partial charge on any atom is -0.354 e. The normalized spacial score (nSPS) is 11.6. The summed E-state index contributed by atoms with van der Waals surface area (Å²) in [6, 6.07) is 12.4. The second-order valence-electron chi connectivity index (χ2n) is 7.03. The van der Waals surface area contributed by atoms with Gasteiger partial charge in [-0.05, 0) is 31.0 Å². The van der Waals surface area contributed by atoms with Gasteiger partial charge in [-0.2, -0.15) is 0 Å². The molecule has 8 heteroatoms. The third-order valence-electron chi connectivity index (χ3n) is 4.77. The molecular formula is C22H26ClN3O4. The van der Waals surface area contributed by atoms with Crippen LogP contribution in [0.3, 0.4) is 0 Å². The largest absolute Gasteiger partial charge is 0.354 e. The van der Waals surface area contributed by atoms with Gasteiger partial charge in [-0.15, -0.1) is 0 Å². The molecule has 0 radical (unpaired) electrons. The number of benzene rings is 2. The Morgan fingerprint density at radius 2 is 1.93 bits per heavy atom. The minimum absolute atomic E-state index is 0.117. The Bertz CT molecular complexity index is 903. The molecule has 2 amide bonds. The summed E-state index contributed by atoms with van der Waals surface area (Å²) >= 11 is 6.06. The molecule has 0 saturated heterocycles. The molecule has 0 spiro atoms. The molecule has 7 nitrogen and oxygen atoms in total. The van der Waals surface area contributed by atoms with Crippen LogP contribution in [0.4, 0.5) is 5.69 Å². The number of nitrogens with zero attached hydrogens (tertiary/aromatic N) is 2. The minimum atomic E-state index is -0.740. The number of hydrogen-bond acceptors (Lipinski definition) is 4. The number of nitro benzene ring substituents is 1. The maximum atomic E-state index is 13.1. The number of hydrogen-bond donors (Lipinski definition) is 1. The molecule has 0 bridgehead atoms. The Hall–Kier alpha value is -2.93. The summed E-state index contributed by atoms with van der Waals surface area (Å²) < 4.78 is 0. The van der Waals surface area contributed by atoms with Crippen LogP contribution in [0.15, 0.2) is 48.5 Å². The smallest absolute Gasteiger partial charge is 0.273 e. The first kappa shape index (κ1) is 23.3. The van der Waals surface area contributed by atoms with Crippen molar-refractivity contribution in [2.45, 2.75) is 45.7 Å². The Morgan fingerprint density at radius 1 is 1.20 bits per heavy atom. The highest BCUT2D eigenvalue weighted by Crippen LogP contribution is 2.21. The third kappa shape index (κ3) is 6.56. The van der Waals surface area contributed by atoms with E-state index in [2.05, 4.69) is 5.32 Å². The Morgan fingerprint density at radius 3 is 2.60 bits per heavy atom. The Balaban J connectivity index is 2.26. The van der Waals surface area contributed by atoms with Gasteiger partial charge in [-0.3, -0.25) is 19.7 Å². The molecule has 0 aliphatic heterocycles. The van der Waals surface area contributed by atoms with Crippen LogP contribution in [0.25, 0.3) is 0 Å². The summed E-state index contributed by atoms with van der Waals surface area (Å²) in [4.78, 5) is 38.0. The lowest BCUT2D eigenvalue weighted by atomic mass is 10.1. The number of unbranched alkanes of at least 4 members (excludes halogenated alkanes) is 1. The highest BCUT2D eigenvalue weighted by molar-refractivity contribution is 6.30. The van der Waals surface area contributed by atoms with Crippen molar-refractivity contribution in [3.63, 3.8) is 0 Å². The number of nitrogens with one attached hydrogen (secondary N) is 1. The van der Waals surface area contributed by atoms with E-state index in [0.717, 1.165) is 18.4 Å². The molecule has 2 aromatic carbocycles. The van der Waals surface area contributed by atoms with Gasteiger partial charge in [-0.25, -0.2) is 0 Å². The zero-order valence-electron chi connectivity index (χ0n) is 17.1. The van der Waals surface area contributed by atoms with Crippen LogP contribution in [0.5, 0.6) is 0 Å². The molecule has 0 heterocycles. The molecular weight excluding hydrogens is 406 g/mol. The summed E-state index contributed by atoms with van der Waals surface area (Å²) in [7, 11) is 0. The van der Waals surface area contributed by atoms with Gasteiger partial charge < -0.3 is 10.2 Å². The SMILES string of the molecule is CCCCNC(=O)[C@H](C)N(Cc1cccc(Cl)c1)C(=O)Cc1ccccc1[N+](=O)[O-]. The second kappa shape index (κ2) is 11.3. The molecule has 0 unspecified atom stereocenters. The number of amides is 2. The van der Waals surface area contributed by atoms with Gasteiger partial charge in [-0.1, -0.05) is 55.3 Å². The number of rotatable bonds is 10. The van der Waals surface area contributed by atoms with E-state index in [9.17, 15) is 19.7 Å². The molecule has 0 saturated carbocycles. The van der Waals surface area contributed by atoms with Crippen LogP contribution < -0.4 is 5.32 Å².